The Balaban J connectivity index is 0.0000000949. The van der Waals surface area contributed by atoms with E-state index in [4.69, 9.17) is 26.5 Å². The lowest BCUT2D eigenvalue weighted by Crippen LogP contribution is -1.94. The van der Waals surface area contributed by atoms with E-state index in [1.807, 2.05) is 72.8 Å². The summed E-state index contributed by atoms with van der Waals surface area (Å²) in [6.07, 6.45) is 0. The van der Waals surface area contributed by atoms with Gasteiger partial charge in [-0.3, -0.25) is 0 Å². The maximum Gasteiger partial charge on any atom is 0.145 e. The summed E-state index contributed by atoms with van der Waals surface area (Å²) >= 11 is 0. The first-order valence-electron chi connectivity index (χ1n) is 33.4. The molecule has 462 valence electrons. The molecule has 99 heavy (non-hydrogen) atoms. The van der Waals surface area contributed by atoms with E-state index >= 15 is 0 Å². The summed E-state index contributed by atoms with van der Waals surface area (Å²) in [5.74, 6) is 0. The highest BCUT2D eigenvalue weighted by Gasteiger charge is 2.24. The Hall–Kier alpha value is -13.5. The third kappa shape index (κ3) is 7.80. The Morgan fingerprint density at radius 3 is 0.990 bits per heavy atom. The number of benzene rings is 15. The van der Waals surface area contributed by atoms with Gasteiger partial charge in [0.1, 0.15) is 67.0 Å². The zero-order valence-corrected chi connectivity index (χ0v) is 52.7. The molecule has 0 saturated carbocycles. The van der Waals surface area contributed by atoms with Crippen LogP contribution in [0.2, 0.25) is 0 Å². The molecule has 9 heterocycles. The SMILES string of the molecule is c1ccc2c(c1)oc1ccc(-n3c4ccccc4c4c5c(ccc43)oc3ccccc35)cc12.c1ccc2c(c1)oc1ccc(-n3c4ccccc4c4c5oc6ccccc6c5ccc43)cc12.c1ccc2c(c1)oc1ccc(-n3c4ccccc4c4ccc5oc6ccccc6c5c43)cc12. The molecular weight excluding hydrogens is 1220 g/mol. The van der Waals surface area contributed by atoms with Crippen molar-refractivity contribution in [2.45, 2.75) is 0 Å². The first-order valence-corrected chi connectivity index (χ1v) is 33.4. The molecule has 0 spiro atoms. The van der Waals surface area contributed by atoms with Crippen molar-refractivity contribution in [3.05, 3.63) is 309 Å². The van der Waals surface area contributed by atoms with E-state index in [-0.39, 0.29) is 0 Å². The van der Waals surface area contributed by atoms with E-state index in [1.54, 1.807) is 0 Å². The first kappa shape index (κ1) is 53.8. The van der Waals surface area contributed by atoms with Gasteiger partial charge in [-0.05, 0) is 146 Å². The topological polar surface area (TPSA) is 93.6 Å². The average Bonchev–Trinajstić information content (AvgIpc) is 1.57. The Morgan fingerprint density at radius 1 is 0.162 bits per heavy atom. The number of nitrogens with zero attached hydrogens (tertiary/aromatic N) is 3. The zero-order valence-electron chi connectivity index (χ0n) is 52.7. The monoisotopic (exact) mass is 1270 g/mol. The van der Waals surface area contributed by atoms with Crippen LogP contribution in [0.1, 0.15) is 0 Å². The minimum Gasteiger partial charge on any atom is -0.456 e. The number of furan rings is 6. The van der Waals surface area contributed by atoms with Gasteiger partial charge in [-0.2, -0.15) is 0 Å². The van der Waals surface area contributed by atoms with Gasteiger partial charge < -0.3 is 40.2 Å². The summed E-state index contributed by atoms with van der Waals surface area (Å²) in [5, 5.41) is 20.9. The lowest BCUT2D eigenvalue weighted by Gasteiger charge is -2.09. The number of hydrogen-bond donors (Lipinski definition) is 0. The van der Waals surface area contributed by atoms with Crippen LogP contribution >= 0.6 is 0 Å². The molecule has 0 aliphatic heterocycles. The van der Waals surface area contributed by atoms with Crippen molar-refractivity contribution in [1.82, 2.24) is 13.7 Å². The smallest absolute Gasteiger partial charge is 0.145 e. The molecule has 0 aliphatic carbocycles. The molecule has 24 rings (SSSR count). The van der Waals surface area contributed by atoms with Crippen LogP contribution in [0.5, 0.6) is 0 Å². The van der Waals surface area contributed by atoms with Gasteiger partial charge >= 0.3 is 0 Å². The van der Waals surface area contributed by atoms with E-state index in [0.29, 0.717) is 0 Å². The summed E-state index contributed by atoms with van der Waals surface area (Å²) in [7, 11) is 0. The van der Waals surface area contributed by atoms with Crippen LogP contribution in [0.15, 0.2) is 336 Å². The molecule has 0 radical (unpaired) electrons. The summed E-state index contributed by atoms with van der Waals surface area (Å²) in [6.45, 7) is 0. The average molecular weight is 1270 g/mol. The molecule has 0 amide bonds. The number of para-hydroxylation sites is 9. The Labute approximate surface area is 560 Å². The van der Waals surface area contributed by atoms with Gasteiger partial charge in [0.05, 0.1) is 43.9 Å². The fourth-order valence-corrected chi connectivity index (χ4v) is 16.2. The molecule has 15 aromatic carbocycles. The highest BCUT2D eigenvalue weighted by atomic mass is 16.3. The van der Waals surface area contributed by atoms with Crippen LogP contribution in [0.3, 0.4) is 0 Å². The van der Waals surface area contributed by atoms with Crippen molar-refractivity contribution in [2.75, 3.05) is 0 Å². The fourth-order valence-electron chi connectivity index (χ4n) is 16.2. The first-order chi connectivity index (χ1) is 49.1. The van der Waals surface area contributed by atoms with Gasteiger partial charge in [-0.1, -0.05) is 164 Å². The minimum absolute atomic E-state index is 0.902. The maximum absolute atomic E-state index is 6.41. The van der Waals surface area contributed by atoms with Crippen molar-refractivity contribution < 1.29 is 26.5 Å². The number of hydrogen-bond acceptors (Lipinski definition) is 6. The van der Waals surface area contributed by atoms with Crippen LogP contribution in [0, 0.1) is 0 Å². The van der Waals surface area contributed by atoms with Gasteiger partial charge in [-0.15, -0.1) is 0 Å². The zero-order chi connectivity index (χ0) is 64.6. The number of rotatable bonds is 3. The summed E-state index contributed by atoms with van der Waals surface area (Å²) in [4.78, 5) is 0. The fraction of sp³-hybridized carbons (Fsp3) is 0. The van der Waals surface area contributed by atoms with Crippen molar-refractivity contribution in [1.29, 1.82) is 0 Å². The van der Waals surface area contributed by atoms with Crippen LogP contribution in [-0.4, -0.2) is 13.7 Å². The standard InChI is InChI=1S/3C30H17NO2/c1-4-10-24-22(9-1)29-25(15-14-21-19-7-2-6-12-27(19)33-30(21)29)31(24)18-13-16-28-23(17-18)20-8-3-5-11-26(20)32-28;1-4-10-23-20(8-1)29-24(14-16-28-30(29)21-9-3-6-12-26(21)33-28)31(23)18-13-15-27-22(17-18)19-7-2-5-11-25(19)32-27;1-4-10-24-19(7-1)21-14-16-28-29(22-9-3-6-12-26(22)33-28)30(21)31(24)18-13-15-27-23(17-18)20-8-2-5-11-25(20)32-27/h3*1-17H. The molecular formula is C90H51N3O6. The predicted molar refractivity (Wildman–Crippen MR) is 406 cm³/mol. The molecule has 0 saturated heterocycles. The van der Waals surface area contributed by atoms with E-state index in [9.17, 15) is 0 Å². The van der Waals surface area contributed by atoms with E-state index in [2.05, 4.69) is 250 Å². The Bertz CT molecular complexity index is 7500. The number of aromatic nitrogens is 3. The van der Waals surface area contributed by atoms with Crippen LogP contribution in [-0.2, 0) is 0 Å². The van der Waals surface area contributed by atoms with Gasteiger partial charge in [0.15, 0.2) is 0 Å². The van der Waals surface area contributed by atoms with E-state index in [0.717, 1.165) is 160 Å². The molecule has 9 heteroatoms. The maximum atomic E-state index is 6.41. The second-order valence-corrected chi connectivity index (χ2v) is 25.7. The second kappa shape index (κ2) is 20.5. The molecule has 24 aromatic rings. The lowest BCUT2D eigenvalue weighted by atomic mass is 10.1. The third-order valence-electron chi connectivity index (χ3n) is 20.4. The van der Waals surface area contributed by atoms with Gasteiger partial charge in [-0.25, -0.2) is 0 Å². The largest absolute Gasteiger partial charge is 0.456 e. The highest BCUT2D eigenvalue weighted by molar-refractivity contribution is 6.29. The third-order valence-corrected chi connectivity index (χ3v) is 20.4. The van der Waals surface area contributed by atoms with Crippen molar-refractivity contribution in [2.24, 2.45) is 0 Å². The predicted octanol–water partition coefficient (Wildman–Crippen LogP) is 25.7. The molecule has 9 nitrogen and oxygen atoms in total. The summed E-state index contributed by atoms with van der Waals surface area (Å²) in [5.41, 5.74) is 21.3. The molecule has 0 bridgehead atoms. The van der Waals surface area contributed by atoms with Crippen molar-refractivity contribution in [3.63, 3.8) is 0 Å². The van der Waals surface area contributed by atoms with E-state index < -0.39 is 0 Å². The van der Waals surface area contributed by atoms with Gasteiger partial charge in [0, 0.05) is 103 Å². The Kier molecular flexibility index (Phi) is 11.1. The number of fused-ring (bicyclic) bond motifs is 30. The summed E-state index contributed by atoms with van der Waals surface area (Å²) in [6, 6.07) is 108. The van der Waals surface area contributed by atoms with Gasteiger partial charge in [0.2, 0.25) is 0 Å². The van der Waals surface area contributed by atoms with Crippen LogP contribution < -0.4 is 0 Å². The normalized spacial score (nSPS) is 12.2. The second-order valence-electron chi connectivity index (χ2n) is 25.7. The minimum atomic E-state index is 0.902. The highest BCUT2D eigenvalue weighted by Crippen LogP contribution is 2.46. The van der Waals surface area contributed by atoms with Gasteiger partial charge in [0.25, 0.3) is 0 Å². The molecule has 0 atom stereocenters. The molecule has 0 N–H and O–H groups in total. The van der Waals surface area contributed by atoms with Crippen molar-refractivity contribution in [3.8, 4) is 17.1 Å². The van der Waals surface area contributed by atoms with E-state index in [1.165, 1.54) is 54.4 Å². The molecule has 0 unspecified atom stereocenters. The molecule has 0 aliphatic rings. The Morgan fingerprint density at radius 2 is 0.475 bits per heavy atom. The molecule has 0 fully saturated rings. The van der Waals surface area contributed by atoms with Crippen molar-refractivity contribution >= 4 is 197 Å². The lowest BCUT2D eigenvalue weighted by molar-refractivity contribution is 0.668. The van der Waals surface area contributed by atoms with Crippen LogP contribution in [0.25, 0.3) is 214 Å². The molecule has 9 aromatic heterocycles. The van der Waals surface area contributed by atoms with Crippen LogP contribution in [0.4, 0.5) is 0 Å². The quantitative estimate of drug-likeness (QED) is 0.175. The summed E-state index contributed by atoms with van der Waals surface area (Å²) < 4.78 is 44.1.